The third-order valence-electron chi connectivity index (χ3n) is 2.50. The van der Waals surface area contributed by atoms with E-state index in [0.29, 0.717) is 17.3 Å². The van der Waals surface area contributed by atoms with E-state index in [-0.39, 0.29) is 6.61 Å². The van der Waals surface area contributed by atoms with Crippen LogP contribution in [0.25, 0.3) is 0 Å². The van der Waals surface area contributed by atoms with Crippen LogP contribution in [-0.4, -0.2) is 24.4 Å². The number of halogens is 1. The van der Waals surface area contributed by atoms with Crippen LogP contribution in [-0.2, 0) is 6.54 Å². The Balaban J connectivity index is 1.65. The Hall–Kier alpha value is -1.07. The smallest absolute Gasteiger partial charge is 0.120 e. The zero-order chi connectivity index (χ0) is 13.5. The maximum atomic E-state index is 9.79. The Morgan fingerprint density at radius 1 is 1.32 bits per heavy atom. The molecule has 5 heteroatoms. The summed E-state index contributed by atoms with van der Waals surface area (Å²) in [5.41, 5.74) is 0. The Bertz CT molecular complexity index is 490. The van der Waals surface area contributed by atoms with Crippen molar-refractivity contribution in [1.29, 1.82) is 0 Å². The summed E-state index contributed by atoms with van der Waals surface area (Å²) in [5.74, 6) is 0.671. The van der Waals surface area contributed by atoms with E-state index in [2.05, 4.69) is 11.4 Å². The van der Waals surface area contributed by atoms with Crippen LogP contribution in [0.2, 0.25) is 5.02 Å². The summed E-state index contributed by atoms with van der Waals surface area (Å²) in [4.78, 5) is 1.25. The largest absolute Gasteiger partial charge is 0.491 e. The molecule has 19 heavy (non-hydrogen) atoms. The first kappa shape index (κ1) is 14.3. The van der Waals surface area contributed by atoms with Gasteiger partial charge in [0.15, 0.2) is 0 Å². The summed E-state index contributed by atoms with van der Waals surface area (Å²) in [7, 11) is 0. The van der Waals surface area contributed by atoms with Crippen molar-refractivity contribution in [3.63, 3.8) is 0 Å². The second-order valence-corrected chi connectivity index (χ2v) is 5.60. The maximum absolute atomic E-state index is 9.79. The van der Waals surface area contributed by atoms with Crippen molar-refractivity contribution in [1.82, 2.24) is 5.32 Å². The number of hydrogen-bond acceptors (Lipinski definition) is 4. The van der Waals surface area contributed by atoms with E-state index in [9.17, 15) is 5.11 Å². The van der Waals surface area contributed by atoms with Gasteiger partial charge in [0, 0.05) is 23.0 Å². The van der Waals surface area contributed by atoms with Crippen molar-refractivity contribution < 1.29 is 9.84 Å². The van der Waals surface area contributed by atoms with Crippen LogP contribution in [0.15, 0.2) is 41.8 Å². The van der Waals surface area contributed by atoms with Gasteiger partial charge in [-0.25, -0.2) is 0 Å². The lowest BCUT2D eigenvalue weighted by atomic mass is 10.3. The van der Waals surface area contributed by atoms with Gasteiger partial charge in [-0.15, -0.1) is 11.3 Å². The molecule has 1 heterocycles. The van der Waals surface area contributed by atoms with E-state index < -0.39 is 6.10 Å². The van der Waals surface area contributed by atoms with E-state index in [0.717, 1.165) is 6.54 Å². The molecule has 0 aliphatic heterocycles. The monoisotopic (exact) mass is 297 g/mol. The van der Waals surface area contributed by atoms with Gasteiger partial charge in [-0.1, -0.05) is 23.7 Å². The number of ether oxygens (including phenoxy) is 1. The highest BCUT2D eigenvalue weighted by Gasteiger charge is 2.05. The summed E-state index contributed by atoms with van der Waals surface area (Å²) < 4.78 is 5.46. The van der Waals surface area contributed by atoms with Crippen LogP contribution < -0.4 is 10.1 Å². The average Bonchev–Trinajstić information content (AvgIpc) is 2.90. The fourth-order valence-electron chi connectivity index (χ4n) is 1.58. The number of aliphatic hydroxyl groups is 1. The van der Waals surface area contributed by atoms with Gasteiger partial charge < -0.3 is 15.2 Å². The predicted octanol–water partition coefficient (Wildman–Crippen LogP) is 2.93. The molecular formula is C14H16ClNO2S. The number of nitrogens with one attached hydrogen (secondary N) is 1. The second-order valence-electron chi connectivity index (χ2n) is 4.13. The minimum absolute atomic E-state index is 0.248. The third kappa shape index (κ3) is 5.20. The number of benzene rings is 1. The molecule has 0 amide bonds. The van der Waals surface area contributed by atoms with Gasteiger partial charge in [0.05, 0.1) is 0 Å². The fraction of sp³-hybridized carbons (Fsp3) is 0.286. The van der Waals surface area contributed by atoms with Gasteiger partial charge in [-0.3, -0.25) is 0 Å². The predicted molar refractivity (Wildman–Crippen MR) is 79.0 cm³/mol. The van der Waals surface area contributed by atoms with E-state index >= 15 is 0 Å². The first-order valence-electron chi connectivity index (χ1n) is 6.03. The molecule has 0 fully saturated rings. The van der Waals surface area contributed by atoms with Crippen molar-refractivity contribution in [2.24, 2.45) is 0 Å². The van der Waals surface area contributed by atoms with Crippen LogP contribution in [0.1, 0.15) is 4.88 Å². The molecule has 1 unspecified atom stereocenters. The first-order chi connectivity index (χ1) is 9.24. The molecule has 0 radical (unpaired) electrons. The topological polar surface area (TPSA) is 41.5 Å². The summed E-state index contributed by atoms with van der Waals surface area (Å²) in [6.45, 7) is 1.52. The van der Waals surface area contributed by atoms with Gasteiger partial charge in [0.1, 0.15) is 18.5 Å². The molecular weight excluding hydrogens is 282 g/mol. The zero-order valence-electron chi connectivity index (χ0n) is 10.4. The molecule has 1 aromatic carbocycles. The third-order valence-corrected chi connectivity index (χ3v) is 3.61. The number of hydrogen-bond donors (Lipinski definition) is 2. The molecule has 2 rings (SSSR count). The minimum Gasteiger partial charge on any atom is -0.491 e. The van der Waals surface area contributed by atoms with Gasteiger partial charge >= 0.3 is 0 Å². The Morgan fingerprint density at radius 2 is 2.21 bits per heavy atom. The summed E-state index contributed by atoms with van der Waals surface area (Å²) >= 11 is 7.54. The molecule has 0 spiro atoms. The van der Waals surface area contributed by atoms with Crippen molar-refractivity contribution in [2.45, 2.75) is 12.6 Å². The van der Waals surface area contributed by atoms with Crippen LogP contribution >= 0.6 is 22.9 Å². The van der Waals surface area contributed by atoms with Gasteiger partial charge in [-0.2, -0.15) is 0 Å². The van der Waals surface area contributed by atoms with Crippen molar-refractivity contribution in [3.8, 4) is 5.75 Å². The van der Waals surface area contributed by atoms with Crippen LogP contribution in [0.4, 0.5) is 0 Å². The lowest BCUT2D eigenvalue weighted by molar-refractivity contribution is 0.106. The fourth-order valence-corrected chi connectivity index (χ4v) is 2.44. The van der Waals surface area contributed by atoms with Crippen molar-refractivity contribution in [3.05, 3.63) is 51.7 Å². The summed E-state index contributed by atoms with van der Waals surface area (Å²) in [6, 6.07) is 11.2. The van der Waals surface area contributed by atoms with Gasteiger partial charge in [-0.05, 0) is 29.6 Å². The molecule has 0 bridgehead atoms. The molecule has 0 saturated carbocycles. The van der Waals surface area contributed by atoms with Crippen LogP contribution in [0.5, 0.6) is 5.75 Å². The standard InChI is InChI=1S/C14H16ClNO2S/c15-11-3-1-4-13(7-11)18-10-12(17)8-16-9-14-5-2-6-19-14/h1-7,12,16-17H,8-10H2. The average molecular weight is 298 g/mol. The Morgan fingerprint density at radius 3 is 2.95 bits per heavy atom. The highest BCUT2D eigenvalue weighted by atomic mass is 35.5. The van der Waals surface area contributed by atoms with Gasteiger partial charge in [0.25, 0.3) is 0 Å². The van der Waals surface area contributed by atoms with Crippen molar-refractivity contribution in [2.75, 3.05) is 13.2 Å². The second kappa shape index (κ2) is 7.50. The number of aliphatic hydroxyl groups excluding tert-OH is 1. The van der Waals surface area contributed by atoms with E-state index in [1.807, 2.05) is 23.6 Å². The quantitative estimate of drug-likeness (QED) is 0.826. The number of thiophene rings is 1. The minimum atomic E-state index is -0.543. The van der Waals surface area contributed by atoms with Crippen molar-refractivity contribution >= 4 is 22.9 Å². The molecule has 2 aromatic rings. The Labute approximate surface area is 121 Å². The SMILES string of the molecule is OC(CNCc1cccs1)COc1cccc(Cl)c1. The molecule has 2 N–H and O–H groups in total. The molecule has 0 aliphatic rings. The maximum Gasteiger partial charge on any atom is 0.120 e. The van der Waals surface area contributed by atoms with E-state index in [4.69, 9.17) is 16.3 Å². The number of rotatable bonds is 7. The van der Waals surface area contributed by atoms with Crippen LogP contribution in [0.3, 0.4) is 0 Å². The zero-order valence-corrected chi connectivity index (χ0v) is 12.0. The molecule has 0 aliphatic carbocycles. The molecule has 0 saturated heterocycles. The van der Waals surface area contributed by atoms with Crippen LogP contribution in [0, 0.1) is 0 Å². The lowest BCUT2D eigenvalue weighted by Gasteiger charge is -2.13. The van der Waals surface area contributed by atoms with E-state index in [1.54, 1.807) is 23.5 Å². The highest BCUT2D eigenvalue weighted by molar-refractivity contribution is 7.09. The molecule has 1 atom stereocenters. The molecule has 3 nitrogen and oxygen atoms in total. The normalized spacial score (nSPS) is 12.3. The summed E-state index contributed by atoms with van der Waals surface area (Å²) in [6.07, 6.45) is -0.543. The van der Waals surface area contributed by atoms with E-state index in [1.165, 1.54) is 4.88 Å². The highest BCUT2D eigenvalue weighted by Crippen LogP contribution is 2.17. The molecule has 1 aromatic heterocycles. The first-order valence-corrected chi connectivity index (χ1v) is 7.29. The summed E-state index contributed by atoms with van der Waals surface area (Å²) in [5, 5.41) is 15.6. The lowest BCUT2D eigenvalue weighted by Crippen LogP contribution is -2.30. The molecule has 102 valence electrons. The Kier molecular flexibility index (Phi) is 5.66. The van der Waals surface area contributed by atoms with Gasteiger partial charge in [0.2, 0.25) is 0 Å².